The first kappa shape index (κ1) is 19.4. The number of nitrogens with one attached hydrogen (secondary N) is 2. The number of likely N-dealkylation sites (tertiary alicyclic amines) is 1. The van der Waals surface area contributed by atoms with Gasteiger partial charge in [0.05, 0.1) is 5.70 Å². The molecule has 2 amide bonds. The van der Waals surface area contributed by atoms with Crippen LogP contribution in [-0.2, 0) is 9.59 Å². The Morgan fingerprint density at radius 2 is 2.08 bits per heavy atom. The summed E-state index contributed by atoms with van der Waals surface area (Å²) in [6.07, 6.45) is 12.2. The molecular weight excluding hydrogens is 316 g/mol. The van der Waals surface area contributed by atoms with Crippen molar-refractivity contribution < 1.29 is 9.59 Å². The van der Waals surface area contributed by atoms with Crippen LogP contribution in [0.4, 0.5) is 0 Å². The molecule has 0 aromatic heterocycles. The molecule has 6 heteroatoms. The smallest absolute Gasteiger partial charge is 0.226 e. The number of hydrogen-bond acceptors (Lipinski definition) is 5. The molecule has 2 fully saturated rings. The van der Waals surface area contributed by atoms with Gasteiger partial charge in [0.15, 0.2) is 0 Å². The molecule has 0 bridgehead atoms. The van der Waals surface area contributed by atoms with E-state index in [0.717, 1.165) is 38.3 Å². The highest BCUT2D eigenvalue weighted by Crippen LogP contribution is 2.35. The molecule has 1 spiro atoms. The van der Waals surface area contributed by atoms with E-state index in [-0.39, 0.29) is 11.8 Å². The molecule has 2 rings (SSSR count). The Morgan fingerprint density at radius 3 is 2.64 bits per heavy atom. The third-order valence-corrected chi connectivity index (χ3v) is 5.20. The highest BCUT2D eigenvalue weighted by molar-refractivity contribution is 5.85. The lowest BCUT2D eigenvalue weighted by Gasteiger charge is -2.49. The minimum Gasteiger partial charge on any atom is -0.370 e. The quantitative estimate of drug-likeness (QED) is 0.397. The van der Waals surface area contributed by atoms with Crippen LogP contribution in [0.1, 0.15) is 32.6 Å². The lowest BCUT2D eigenvalue weighted by Crippen LogP contribution is -2.58. The van der Waals surface area contributed by atoms with Crippen LogP contribution in [0, 0.1) is 11.3 Å². The second-order valence-corrected chi connectivity index (χ2v) is 7.16. The maximum atomic E-state index is 11.3. The van der Waals surface area contributed by atoms with Gasteiger partial charge in [0.2, 0.25) is 12.3 Å². The van der Waals surface area contributed by atoms with Gasteiger partial charge >= 0.3 is 0 Å². The van der Waals surface area contributed by atoms with Gasteiger partial charge in [-0.3, -0.25) is 19.9 Å². The summed E-state index contributed by atoms with van der Waals surface area (Å²) in [5.41, 5.74) is 1.68. The number of amides is 2. The maximum Gasteiger partial charge on any atom is 0.226 e. The second-order valence-electron chi connectivity index (χ2n) is 7.16. The molecule has 1 unspecified atom stereocenters. The maximum absolute atomic E-state index is 11.3. The van der Waals surface area contributed by atoms with Crippen molar-refractivity contribution in [3.05, 3.63) is 23.9 Å². The fourth-order valence-corrected chi connectivity index (χ4v) is 3.37. The molecule has 2 aliphatic heterocycles. The van der Waals surface area contributed by atoms with E-state index in [1.54, 1.807) is 7.05 Å². The normalized spacial score (nSPS) is 21.5. The van der Waals surface area contributed by atoms with E-state index in [0.29, 0.717) is 18.2 Å². The van der Waals surface area contributed by atoms with E-state index in [1.165, 1.54) is 12.8 Å². The number of piperidine rings is 1. The minimum atomic E-state index is -0.225. The zero-order valence-corrected chi connectivity index (χ0v) is 15.3. The molecule has 0 radical (unpaired) electrons. The summed E-state index contributed by atoms with van der Waals surface area (Å²) >= 11 is 0. The van der Waals surface area contributed by atoms with Gasteiger partial charge < -0.3 is 10.2 Å². The van der Waals surface area contributed by atoms with Crippen molar-refractivity contribution >= 4 is 18.5 Å². The summed E-state index contributed by atoms with van der Waals surface area (Å²) in [6.45, 7) is 6.55. The Hall–Kier alpha value is -1.95. The zero-order chi connectivity index (χ0) is 18.1. The molecule has 0 aromatic rings. The molecule has 2 heterocycles. The average Bonchev–Trinajstić information content (AvgIpc) is 2.58. The highest BCUT2D eigenvalue weighted by Gasteiger charge is 2.39. The highest BCUT2D eigenvalue weighted by atomic mass is 16.2. The van der Waals surface area contributed by atoms with Gasteiger partial charge in [-0.2, -0.15) is 0 Å². The molecule has 0 aromatic carbocycles. The number of nitrogens with zero attached hydrogens (tertiary/aromatic N) is 2. The van der Waals surface area contributed by atoms with Gasteiger partial charge in [-0.15, -0.1) is 0 Å². The Kier molecular flexibility index (Phi) is 7.37. The zero-order valence-electron chi connectivity index (χ0n) is 15.3. The second kappa shape index (κ2) is 9.51. The molecule has 0 saturated carbocycles. The Morgan fingerprint density at radius 1 is 1.36 bits per heavy atom. The largest absolute Gasteiger partial charge is 0.370 e. The van der Waals surface area contributed by atoms with E-state index in [9.17, 15) is 9.59 Å². The molecular formula is C19H30N4O2. The summed E-state index contributed by atoms with van der Waals surface area (Å²) < 4.78 is 0. The lowest BCUT2D eigenvalue weighted by molar-refractivity contribution is -0.125. The Labute approximate surface area is 150 Å². The first-order valence-corrected chi connectivity index (χ1v) is 9.08. The number of rotatable bonds is 8. The predicted molar refractivity (Wildman–Crippen MR) is 100 cm³/mol. The van der Waals surface area contributed by atoms with E-state index in [2.05, 4.69) is 45.7 Å². The van der Waals surface area contributed by atoms with Crippen molar-refractivity contribution in [2.45, 2.75) is 32.6 Å². The van der Waals surface area contributed by atoms with E-state index in [1.807, 2.05) is 6.21 Å². The monoisotopic (exact) mass is 346 g/mol. The van der Waals surface area contributed by atoms with Crippen molar-refractivity contribution in [2.24, 2.45) is 16.3 Å². The van der Waals surface area contributed by atoms with E-state index < -0.39 is 0 Å². The fourth-order valence-electron chi connectivity index (χ4n) is 3.37. The summed E-state index contributed by atoms with van der Waals surface area (Å²) in [7, 11) is 1.80. The standard InChI is InChI=1S/C19H30N4O2/c1-16(6-7-18(25)22-15-24)4-3-5-17(12-20-2)23-10-8-19(9-11-23)13-21-14-19/h3-5,12,15-16,21H,6-11,13-14H2,1-2H3,(H,22,24,25)/b4-3+,17-5+,20-12?. The predicted octanol–water partition coefficient (Wildman–Crippen LogP) is 1.50. The molecule has 2 N–H and O–H groups in total. The summed E-state index contributed by atoms with van der Waals surface area (Å²) in [5.74, 6) is 0.0523. The van der Waals surface area contributed by atoms with Gasteiger partial charge in [-0.1, -0.05) is 19.1 Å². The summed E-state index contributed by atoms with van der Waals surface area (Å²) in [5, 5.41) is 5.56. The van der Waals surface area contributed by atoms with E-state index >= 15 is 0 Å². The van der Waals surface area contributed by atoms with E-state index in [4.69, 9.17) is 0 Å². The first-order chi connectivity index (χ1) is 12.1. The topological polar surface area (TPSA) is 73.8 Å². The SMILES string of the molecule is CN=C/C(=C\C=C\C(C)CCC(=O)NC=O)N1CCC2(CC1)CNC2. The number of imide groups is 1. The third-order valence-electron chi connectivity index (χ3n) is 5.20. The van der Waals surface area contributed by atoms with Crippen LogP contribution in [0.3, 0.4) is 0 Å². The summed E-state index contributed by atoms with van der Waals surface area (Å²) in [6, 6.07) is 0. The number of aliphatic imine (C=N–C) groups is 1. The van der Waals surface area contributed by atoms with Gasteiger partial charge in [-0.05, 0) is 36.7 Å². The molecule has 25 heavy (non-hydrogen) atoms. The molecule has 1 atom stereocenters. The Bertz CT molecular complexity index is 540. The van der Waals surface area contributed by atoms with Crippen LogP contribution in [0.25, 0.3) is 0 Å². The van der Waals surface area contributed by atoms with Crippen LogP contribution in [0.2, 0.25) is 0 Å². The van der Waals surface area contributed by atoms with Crippen molar-refractivity contribution in [2.75, 3.05) is 33.2 Å². The lowest BCUT2D eigenvalue weighted by atomic mass is 9.73. The Balaban J connectivity index is 1.84. The average molecular weight is 346 g/mol. The van der Waals surface area contributed by atoms with Crippen molar-refractivity contribution in [3.63, 3.8) is 0 Å². The summed E-state index contributed by atoms with van der Waals surface area (Å²) in [4.78, 5) is 28.1. The van der Waals surface area contributed by atoms with Crippen molar-refractivity contribution in [1.82, 2.24) is 15.5 Å². The van der Waals surface area contributed by atoms with Crippen LogP contribution < -0.4 is 10.6 Å². The molecule has 6 nitrogen and oxygen atoms in total. The number of carbonyl (C=O) groups excluding carboxylic acids is 2. The van der Waals surface area contributed by atoms with Crippen LogP contribution in [-0.4, -0.2) is 56.7 Å². The van der Waals surface area contributed by atoms with Gasteiger partial charge in [0.1, 0.15) is 0 Å². The number of carbonyl (C=O) groups is 2. The molecule has 0 aliphatic carbocycles. The molecule has 138 valence electrons. The van der Waals surface area contributed by atoms with Gasteiger partial charge in [0, 0.05) is 45.9 Å². The number of hydrogen-bond donors (Lipinski definition) is 2. The van der Waals surface area contributed by atoms with Crippen LogP contribution in [0.15, 0.2) is 28.9 Å². The van der Waals surface area contributed by atoms with Crippen molar-refractivity contribution in [3.8, 4) is 0 Å². The fraction of sp³-hybridized carbons (Fsp3) is 0.632. The minimum absolute atomic E-state index is 0.225. The molecule has 2 aliphatic rings. The first-order valence-electron chi connectivity index (χ1n) is 9.08. The molecule has 2 saturated heterocycles. The van der Waals surface area contributed by atoms with Crippen molar-refractivity contribution in [1.29, 1.82) is 0 Å². The van der Waals surface area contributed by atoms with Crippen LogP contribution in [0.5, 0.6) is 0 Å². The van der Waals surface area contributed by atoms with Gasteiger partial charge in [0.25, 0.3) is 0 Å². The van der Waals surface area contributed by atoms with Gasteiger partial charge in [-0.25, -0.2) is 0 Å². The van der Waals surface area contributed by atoms with Crippen LogP contribution >= 0.6 is 0 Å². The third kappa shape index (κ3) is 5.81. The number of allylic oxidation sites excluding steroid dienone is 4.